The zero-order valence-corrected chi connectivity index (χ0v) is 18.0. The molecule has 6 nitrogen and oxygen atoms in total. The van der Waals surface area contributed by atoms with Crippen LogP contribution in [-0.2, 0) is 16.0 Å². The third kappa shape index (κ3) is 5.15. The molecule has 0 radical (unpaired) electrons. The van der Waals surface area contributed by atoms with Gasteiger partial charge < -0.3 is 9.30 Å². The van der Waals surface area contributed by atoms with Crippen LogP contribution in [-0.4, -0.2) is 38.6 Å². The van der Waals surface area contributed by atoms with E-state index in [0.717, 1.165) is 18.0 Å². The Morgan fingerprint density at radius 2 is 1.86 bits per heavy atom. The van der Waals surface area contributed by atoms with Crippen molar-refractivity contribution in [1.29, 1.82) is 0 Å². The van der Waals surface area contributed by atoms with Gasteiger partial charge in [0.15, 0.2) is 0 Å². The number of amides is 2. The SMILES string of the molecule is C[C@@H]1C[C@H](Cc2cn([C@H]3CC[C@H](C)CC3)cn2)C(=O)N(C(=O)OC(C)(C)C)C1. The Labute approximate surface area is 168 Å². The lowest BCUT2D eigenvalue weighted by molar-refractivity contribution is -0.138. The number of nitrogens with zero attached hydrogens (tertiary/aromatic N) is 3. The Morgan fingerprint density at radius 3 is 2.50 bits per heavy atom. The van der Waals surface area contributed by atoms with Crippen LogP contribution in [0, 0.1) is 17.8 Å². The van der Waals surface area contributed by atoms with Crippen LogP contribution < -0.4 is 0 Å². The van der Waals surface area contributed by atoms with Gasteiger partial charge in [0.1, 0.15) is 5.60 Å². The van der Waals surface area contributed by atoms with E-state index < -0.39 is 11.7 Å². The normalized spacial score (nSPS) is 29.0. The van der Waals surface area contributed by atoms with Crippen molar-refractivity contribution in [1.82, 2.24) is 14.5 Å². The van der Waals surface area contributed by atoms with Gasteiger partial charge in [0.25, 0.3) is 0 Å². The van der Waals surface area contributed by atoms with Crippen LogP contribution in [0.5, 0.6) is 0 Å². The summed E-state index contributed by atoms with van der Waals surface area (Å²) in [6.45, 7) is 10.3. The van der Waals surface area contributed by atoms with Gasteiger partial charge in [-0.25, -0.2) is 14.7 Å². The molecule has 0 bridgehead atoms. The lowest BCUT2D eigenvalue weighted by atomic mass is 9.86. The Balaban J connectivity index is 1.65. The van der Waals surface area contributed by atoms with Gasteiger partial charge in [0.05, 0.1) is 12.0 Å². The van der Waals surface area contributed by atoms with Crippen LogP contribution in [0.2, 0.25) is 0 Å². The Morgan fingerprint density at radius 1 is 1.18 bits per heavy atom. The Hall–Kier alpha value is -1.85. The topological polar surface area (TPSA) is 64.4 Å². The fourth-order valence-corrected chi connectivity index (χ4v) is 4.41. The largest absolute Gasteiger partial charge is 0.443 e. The summed E-state index contributed by atoms with van der Waals surface area (Å²) in [6.07, 6.45) is 9.78. The summed E-state index contributed by atoms with van der Waals surface area (Å²) in [4.78, 5) is 31.3. The van der Waals surface area contributed by atoms with Crippen LogP contribution in [0.25, 0.3) is 0 Å². The molecular formula is C22H35N3O3. The summed E-state index contributed by atoms with van der Waals surface area (Å²) in [5.41, 5.74) is 0.333. The zero-order chi connectivity index (χ0) is 20.5. The maximum absolute atomic E-state index is 12.9. The van der Waals surface area contributed by atoms with E-state index >= 15 is 0 Å². The smallest absolute Gasteiger partial charge is 0.417 e. The second kappa shape index (κ2) is 8.26. The summed E-state index contributed by atoms with van der Waals surface area (Å²) in [5.74, 6) is 0.732. The number of carbonyl (C=O) groups is 2. The molecule has 1 aliphatic heterocycles. The number of imide groups is 1. The fourth-order valence-electron chi connectivity index (χ4n) is 4.41. The first-order valence-electron chi connectivity index (χ1n) is 10.7. The molecule has 3 rings (SSSR count). The van der Waals surface area contributed by atoms with E-state index in [-0.39, 0.29) is 17.7 Å². The molecule has 1 aromatic heterocycles. The molecule has 2 amide bonds. The highest BCUT2D eigenvalue weighted by Crippen LogP contribution is 2.32. The fraction of sp³-hybridized carbons (Fsp3) is 0.773. The molecule has 2 aliphatic rings. The highest BCUT2D eigenvalue weighted by Gasteiger charge is 2.38. The van der Waals surface area contributed by atoms with Crippen molar-refractivity contribution in [2.45, 2.75) is 84.8 Å². The quantitative estimate of drug-likeness (QED) is 0.758. The first-order chi connectivity index (χ1) is 13.1. The standard InChI is InChI=1S/C22H35N3O3/c1-15-6-8-19(9-7-15)24-13-18(23-14-24)11-17-10-16(2)12-25(20(17)26)21(27)28-22(3,4)5/h13-17,19H,6-12H2,1-5H3/t15-,16-,17-,19-/m1/s1. The van der Waals surface area contributed by atoms with Gasteiger partial charge in [-0.1, -0.05) is 13.8 Å². The lowest BCUT2D eigenvalue weighted by Crippen LogP contribution is -2.50. The maximum Gasteiger partial charge on any atom is 0.417 e. The number of carbonyl (C=O) groups excluding carboxylic acids is 2. The summed E-state index contributed by atoms with van der Waals surface area (Å²) in [5, 5.41) is 0. The van der Waals surface area contributed by atoms with Crippen molar-refractivity contribution in [3.05, 3.63) is 18.2 Å². The first kappa shape index (κ1) is 20.9. The van der Waals surface area contributed by atoms with Crippen LogP contribution in [0.15, 0.2) is 12.5 Å². The average molecular weight is 390 g/mol. The predicted octanol–water partition coefficient (Wildman–Crippen LogP) is 4.60. The lowest BCUT2D eigenvalue weighted by Gasteiger charge is -2.35. The second-order valence-corrected chi connectivity index (χ2v) is 9.90. The van der Waals surface area contributed by atoms with E-state index in [1.165, 1.54) is 30.6 Å². The summed E-state index contributed by atoms with van der Waals surface area (Å²) < 4.78 is 7.66. The molecule has 0 spiro atoms. The Bertz CT molecular complexity index is 698. The van der Waals surface area contributed by atoms with Crippen LogP contribution in [0.4, 0.5) is 4.79 Å². The second-order valence-electron chi connectivity index (χ2n) is 9.90. The number of hydrogen-bond donors (Lipinski definition) is 0. The molecule has 1 saturated carbocycles. The molecule has 0 aromatic carbocycles. The molecule has 0 N–H and O–H groups in total. The summed E-state index contributed by atoms with van der Waals surface area (Å²) in [6, 6.07) is 0.525. The van der Waals surface area contributed by atoms with Gasteiger partial charge >= 0.3 is 6.09 Å². The number of ether oxygens (including phenoxy) is 1. The molecule has 1 saturated heterocycles. The van der Waals surface area contributed by atoms with Gasteiger partial charge in [-0.05, 0) is 64.7 Å². The molecule has 6 heteroatoms. The number of hydrogen-bond acceptors (Lipinski definition) is 4. The van der Waals surface area contributed by atoms with E-state index in [0.29, 0.717) is 19.0 Å². The van der Waals surface area contributed by atoms with Crippen molar-refractivity contribution in [3.63, 3.8) is 0 Å². The number of aromatic nitrogens is 2. The van der Waals surface area contributed by atoms with E-state index in [9.17, 15) is 9.59 Å². The van der Waals surface area contributed by atoms with Crippen molar-refractivity contribution in [2.24, 2.45) is 17.8 Å². The molecule has 2 fully saturated rings. The third-order valence-electron chi connectivity index (χ3n) is 5.93. The number of rotatable bonds is 3. The van der Waals surface area contributed by atoms with E-state index in [1.807, 2.05) is 27.1 Å². The van der Waals surface area contributed by atoms with Gasteiger partial charge in [0.2, 0.25) is 5.91 Å². The van der Waals surface area contributed by atoms with Crippen molar-refractivity contribution in [2.75, 3.05) is 6.54 Å². The van der Waals surface area contributed by atoms with Crippen LogP contribution in [0.3, 0.4) is 0 Å². The van der Waals surface area contributed by atoms with E-state index in [1.54, 1.807) is 0 Å². The van der Waals surface area contributed by atoms with Crippen molar-refractivity contribution < 1.29 is 14.3 Å². The number of piperidine rings is 1. The molecule has 2 heterocycles. The summed E-state index contributed by atoms with van der Waals surface area (Å²) >= 11 is 0. The van der Waals surface area contributed by atoms with Gasteiger partial charge in [0, 0.05) is 31.1 Å². The van der Waals surface area contributed by atoms with Crippen LogP contribution >= 0.6 is 0 Å². The average Bonchev–Trinajstić information content (AvgIpc) is 3.05. The van der Waals surface area contributed by atoms with Gasteiger partial charge in [-0.15, -0.1) is 0 Å². The number of imidazole rings is 1. The minimum atomic E-state index is -0.607. The molecule has 2 atom stereocenters. The monoisotopic (exact) mass is 389 g/mol. The Kier molecular flexibility index (Phi) is 6.15. The van der Waals surface area contributed by atoms with Gasteiger partial charge in [-0.3, -0.25) is 4.79 Å². The van der Waals surface area contributed by atoms with Gasteiger partial charge in [-0.2, -0.15) is 0 Å². The van der Waals surface area contributed by atoms with E-state index in [4.69, 9.17) is 4.74 Å². The third-order valence-corrected chi connectivity index (χ3v) is 5.93. The summed E-state index contributed by atoms with van der Waals surface area (Å²) in [7, 11) is 0. The molecule has 1 aliphatic carbocycles. The molecule has 1 aromatic rings. The molecule has 0 unspecified atom stereocenters. The highest BCUT2D eigenvalue weighted by molar-refractivity contribution is 5.94. The van der Waals surface area contributed by atoms with Crippen molar-refractivity contribution >= 4 is 12.0 Å². The van der Waals surface area contributed by atoms with Crippen molar-refractivity contribution in [3.8, 4) is 0 Å². The first-order valence-corrected chi connectivity index (χ1v) is 10.7. The predicted molar refractivity (Wildman–Crippen MR) is 108 cm³/mol. The maximum atomic E-state index is 12.9. The minimum absolute atomic E-state index is 0.131. The highest BCUT2D eigenvalue weighted by atomic mass is 16.6. The van der Waals surface area contributed by atoms with E-state index in [2.05, 4.69) is 29.6 Å². The van der Waals surface area contributed by atoms with Crippen LogP contribution in [0.1, 0.15) is 78.5 Å². The zero-order valence-electron chi connectivity index (χ0n) is 18.0. The minimum Gasteiger partial charge on any atom is -0.443 e. The molecular weight excluding hydrogens is 354 g/mol. The number of likely N-dealkylation sites (tertiary alicyclic amines) is 1. The molecule has 156 valence electrons. The molecule has 28 heavy (non-hydrogen) atoms.